The third-order valence-electron chi connectivity index (χ3n) is 3.68. The van der Waals surface area contributed by atoms with Crippen LogP contribution in [0.1, 0.15) is 29.9 Å². The second kappa shape index (κ2) is 6.34. The largest absolute Gasteiger partial charge is 0.338 e. The number of nitrogens with one attached hydrogen (secondary N) is 1. The van der Waals surface area contributed by atoms with Gasteiger partial charge in [-0.15, -0.1) is 0 Å². The van der Waals surface area contributed by atoms with Gasteiger partial charge in [0.1, 0.15) is 0 Å². The quantitative estimate of drug-likeness (QED) is 0.859. The molecule has 0 aliphatic rings. The summed E-state index contributed by atoms with van der Waals surface area (Å²) in [5.41, 5.74) is 3.04. The Morgan fingerprint density at radius 1 is 1.52 bits per heavy atom. The van der Waals surface area contributed by atoms with Crippen LogP contribution < -0.4 is 0 Å². The standard InChI is InChI=1S/C14H21N5OS/c1-9-13(10(2)17-16-9)11(3)19(5)12(20)8-21-14-15-6-7-18(14)4/h6-7,11H,8H2,1-5H3,(H,16,17)/t11-/m0/s1. The first-order valence-corrected chi connectivity index (χ1v) is 7.77. The highest BCUT2D eigenvalue weighted by molar-refractivity contribution is 7.99. The number of imidazole rings is 1. The van der Waals surface area contributed by atoms with Crippen LogP contribution in [0, 0.1) is 13.8 Å². The van der Waals surface area contributed by atoms with Crippen molar-refractivity contribution in [1.82, 2.24) is 24.6 Å². The van der Waals surface area contributed by atoms with Gasteiger partial charge >= 0.3 is 0 Å². The van der Waals surface area contributed by atoms with E-state index in [0.29, 0.717) is 5.75 Å². The first-order chi connectivity index (χ1) is 9.91. The van der Waals surface area contributed by atoms with Crippen LogP contribution in [0.25, 0.3) is 0 Å². The molecule has 0 spiro atoms. The van der Waals surface area contributed by atoms with E-state index in [-0.39, 0.29) is 11.9 Å². The molecule has 0 aliphatic heterocycles. The minimum Gasteiger partial charge on any atom is -0.338 e. The molecule has 21 heavy (non-hydrogen) atoms. The first-order valence-electron chi connectivity index (χ1n) is 6.79. The van der Waals surface area contributed by atoms with Crippen LogP contribution in [0.2, 0.25) is 0 Å². The lowest BCUT2D eigenvalue weighted by atomic mass is 10.1. The molecule has 0 fully saturated rings. The van der Waals surface area contributed by atoms with E-state index in [2.05, 4.69) is 15.2 Å². The number of H-pyrrole nitrogens is 1. The molecule has 0 unspecified atom stereocenters. The molecule has 2 aromatic heterocycles. The van der Waals surface area contributed by atoms with Gasteiger partial charge in [-0.3, -0.25) is 9.89 Å². The van der Waals surface area contributed by atoms with E-state index < -0.39 is 0 Å². The van der Waals surface area contributed by atoms with Gasteiger partial charge in [-0.2, -0.15) is 5.10 Å². The highest BCUT2D eigenvalue weighted by Crippen LogP contribution is 2.25. The van der Waals surface area contributed by atoms with Gasteiger partial charge in [0.2, 0.25) is 5.91 Å². The van der Waals surface area contributed by atoms with Crippen molar-refractivity contribution in [3.05, 3.63) is 29.3 Å². The topological polar surface area (TPSA) is 66.8 Å². The smallest absolute Gasteiger partial charge is 0.233 e. The van der Waals surface area contributed by atoms with E-state index in [0.717, 1.165) is 22.1 Å². The van der Waals surface area contributed by atoms with Crippen molar-refractivity contribution in [2.24, 2.45) is 7.05 Å². The number of aromatic amines is 1. The number of thioether (sulfide) groups is 1. The molecule has 7 heteroatoms. The number of rotatable bonds is 5. The molecule has 0 aliphatic carbocycles. The van der Waals surface area contributed by atoms with Crippen molar-refractivity contribution in [1.29, 1.82) is 0 Å². The molecule has 0 saturated heterocycles. The lowest BCUT2D eigenvalue weighted by Crippen LogP contribution is -2.31. The Hall–Kier alpha value is -1.76. The number of amides is 1. The van der Waals surface area contributed by atoms with Crippen LogP contribution >= 0.6 is 11.8 Å². The number of nitrogens with zero attached hydrogens (tertiary/aromatic N) is 4. The fourth-order valence-electron chi connectivity index (χ4n) is 2.30. The number of hydrogen-bond acceptors (Lipinski definition) is 4. The summed E-state index contributed by atoms with van der Waals surface area (Å²) in [6.45, 7) is 5.96. The maximum Gasteiger partial charge on any atom is 0.233 e. The lowest BCUT2D eigenvalue weighted by molar-refractivity contribution is -0.128. The molecule has 1 amide bonds. The van der Waals surface area contributed by atoms with Crippen molar-refractivity contribution in [3.8, 4) is 0 Å². The van der Waals surface area contributed by atoms with E-state index in [1.165, 1.54) is 11.8 Å². The van der Waals surface area contributed by atoms with Crippen molar-refractivity contribution in [2.45, 2.75) is 32.0 Å². The Bertz CT molecular complexity index is 614. The number of carbonyl (C=O) groups excluding carboxylic acids is 1. The highest BCUT2D eigenvalue weighted by atomic mass is 32.2. The summed E-state index contributed by atoms with van der Waals surface area (Å²) >= 11 is 1.45. The molecule has 0 radical (unpaired) electrons. The van der Waals surface area contributed by atoms with Crippen LogP contribution in [0.3, 0.4) is 0 Å². The Morgan fingerprint density at radius 3 is 2.76 bits per heavy atom. The Kier molecular flexibility index (Phi) is 4.72. The minimum atomic E-state index is -0.00165. The summed E-state index contributed by atoms with van der Waals surface area (Å²) in [7, 11) is 3.75. The van der Waals surface area contributed by atoms with E-state index in [4.69, 9.17) is 0 Å². The summed E-state index contributed by atoms with van der Waals surface area (Å²) in [6.07, 6.45) is 3.61. The van der Waals surface area contributed by atoms with E-state index >= 15 is 0 Å². The predicted molar refractivity (Wildman–Crippen MR) is 83.2 cm³/mol. The van der Waals surface area contributed by atoms with Gasteiger partial charge in [-0.05, 0) is 20.8 Å². The predicted octanol–water partition coefficient (Wildman–Crippen LogP) is 2.07. The summed E-state index contributed by atoms with van der Waals surface area (Å²) < 4.78 is 1.91. The maximum absolute atomic E-state index is 12.3. The zero-order valence-electron chi connectivity index (χ0n) is 13.0. The second-order valence-electron chi connectivity index (χ2n) is 5.14. The van der Waals surface area contributed by atoms with Crippen molar-refractivity contribution in [2.75, 3.05) is 12.8 Å². The molecular weight excluding hydrogens is 286 g/mol. The normalized spacial score (nSPS) is 12.4. The molecule has 1 N–H and O–H groups in total. The SMILES string of the molecule is Cc1n[nH]c(C)c1[C@H](C)N(C)C(=O)CSc1nccn1C. The van der Waals surface area contributed by atoms with Gasteiger partial charge in [0.25, 0.3) is 0 Å². The van der Waals surface area contributed by atoms with Gasteiger partial charge in [-0.25, -0.2) is 4.98 Å². The molecule has 2 rings (SSSR count). The molecular formula is C14H21N5OS. The molecule has 0 bridgehead atoms. The number of hydrogen-bond donors (Lipinski definition) is 1. The lowest BCUT2D eigenvalue weighted by Gasteiger charge is -2.25. The molecule has 6 nitrogen and oxygen atoms in total. The van der Waals surface area contributed by atoms with Crippen LogP contribution in [0.15, 0.2) is 17.6 Å². The number of aryl methyl sites for hydroxylation is 3. The second-order valence-corrected chi connectivity index (χ2v) is 6.08. The minimum absolute atomic E-state index is 0.00165. The zero-order valence-corrected chi connectivity index (χ0v) is 13.9. The molecule has 2 aromatic rings. The van der Waals surface area contributed by atoms with Crippen LogP contribution in [-0.4, -0.2) is 43.4 Å². The van der Waals surface area contributed by atoms with Crippen LogP contribution in [0.4, 0.5) is 0 Å². The maximum atomic E-state index is 12.3. The summed E-state index contributed by atoms with van der Waals surface area (Å²) in [5, 5.41) is 8.01. The van der Waals surface area contributed by atoms with Crippen molar-refractivity contribution in [3.63, 3.8) is 0 Å². The van der Waals surface area contributed by atoms with Gasteiger partial charge in [-0.1, -0.05) is 11.8 Å². The fraction of sp³-hybridized carbons (Fsp3) is 0.500. The third kappa shape index (κ3) is 3.29. The monoisotopic (exact) mass is 307 g/mol. The average Bonchev–Trinajstić information content (AvgIpc) is 3.00. The van der Waals surface area contributed by atoms with E-state index in [1.807, 2.05) is 45.6 Å². The summed E-state index contributed by atoms with van der Waals surface area (Å²) in [6, 6.07) is -0.00165. The van der Waals surface area contributed by atoms with Crippen molar-refractivity contribution < 1.29 is 4.79 Å². The van der Waals surface area contributed by atoms with Crippen molar-refractivity contribution >= 4 is 17.7 Å². The summed E-state index contributed by atoms with van der Waals surface area (Å²) in [4.78, 5) is 18.3. The first kappa shape index (κ1) is 15.6. The van der Waals surface area contributed by atoms with E-state index in [1.54, 1.807) is 11.1 Å². The van der Waals surface area contributed by atoms with Gasteiger partial charge in [0.15, 0.2) is 5.16 Å². The molecule has 114 valence electrons. The third-order valence-corrected chi connectivity index (χ3v) is 4.72. The van der Waals surface area contributed by atoms with Crippen LogP contribution in [-0.2, 0) is 11.8 Å². The van der Waals surface area contributed by atoms with Gasteiger partial charge in [0, 0.05) is 37.7 Å². The Labute approximate surface area is 128 Å². The summed E-state index contributed by atoms with van der Waals surface area (Å²) in [5.74, 6) is 0.456. The molecule has 0 saturated carbocycles. The number of carbonyl (C=O) groups is 1. The van der Waals surface area contributed by atoms with Gasteiger partial charge in [0.05, 0.1) is 17.5 Å². The number of aromatic nitrogens is 4. The Morgan fingerprint density at radius 2 is 2.24 bits per heavy atom. The Balaban J connectivity index is 2.01. The molecule has 2 heterocycles. The highest BCUT2D eigenvalue weighted by Gasteiger charge is 2.22. The van der Waals surface area contributed by atoms with E-state index in [9.17, 15) is 4.79 Å². The average molecular weight is 307 g/mol. The fourth-order valence-corrected chi connectivity index (χ4v) is 3.16. The molecule has 0 aromatic carbocycles. The zero-order chi connectivity index (χ0) is 15.6. The van der Waals surface area contributed by atoms with Crippen LogP contribution in [0.5, 0.6) is 0 Å². The van der Waals surface area contributed by atoms with Gasteiger partial charge < -0.3 is 9.47 Å². The molecule has 1 atom stereocenters.